The number of benzene rings is 2. The number of nitrogens with zero attached hydrogens (tertiary/aromatic N) is 4. The molecule has 0 saturated heterocycles. The molecule has 0 saturated carbocycles. The molecule has 2 aromatic carbocycles. The number of rotatable bonds is 4. The van der Waals surface area contributed by atoms with Crippen molar-refractivity contribution in [3.8, 4) is 23.1 Å². The maximum absolute atomic E-state index is 12.8. The summed E-state index contributed by atoms with van der Waals surface area (Å²) in [4.78, 5) is 26.8. The number of anilines is 1. The molecule has 3 N–H and O–H groups in total. The zero-order valence-corrected chi connectivity index (χ0v) is 17.9. The number of fused-ring (bicyclic) bond motifs is 1. The minimum Gasteiger partial charge on any atom is -0.496 e. The Morgan fingerprint density at radius 1 is 1.22 bits per heavy atom. The Balaban J connectivity index is 1.64. The summed E-state index contributed by atoms with van der Waals surface area (Å²) in [6.45, 7) is 0.927. The number of amides is 3. The first-order chi connectivity index (χ1) is 15.4. The van der Waals surface area contributed by atoms with E-state index in [9.17, 15) is 9.59 Å². The molecule has 1 aliphatic heterocycles. The van der Waals surface area contributed by atoms with Gasteiger partial charge in [-0.25, -0.2) is 4.79 Å². The molecule has 3 aromatic rings. The van der Waals surface area contributed by atoms with Gasteiger partial charge in [-0.1, -0.05) is 11.6 Å². The van der Waals surface area contributed by atoms with Gasteiger partial charge in [-0.2, -0.15) is 10.4 Å². The number of carbonyl (C=O) groups excluding carboxylic acids is 2. The maximum atomic E-state index is 12.8. The van der Waals surface area contributed by atoms with Crippen LogP contribution in [0.5, 0.6) is 5.75 Å². The lowest BCUT2D eigenvalue weighted by Gasteiger charge is -2.28. The van der Waals surface area contributed by atoms with Gasteiger partial charge >= 0.3 is 6.03 Å². The molecule has 32 heavy (non-hydrogen) atoms. The van der Waals surface area contributed by atoms with E-state index in [4.69, 9.17) is 27.3 Å². The van der Waals surface area contributed by atoms with Gasteiger partial charge in [-0.15, -0.1) is 0 Å². The van der Waals surface area contributed by atoms with Gasteiger partial charge in [0.2, 0.25) is 0 Å². The second-order valence-corrected chi connectivity index (χ2v) is 7.58. The third-order valence-electron chi connectivity index (χ3n) is 5.20. The highest BCUT2D eigenvalue weighted by Gasteiger charge is 2.30. The number of hydrogen-bond donors (Lipinski definition) is 2. The largest absolute Gasteiger partial charge is 0.496 e. The quantitative estimate of drug-likeness (QED) is 0.631. The van der Waals surface area contributed by atoms with E-state index >= 15 is 0 Å². The monoisotopic (exact) mass is 450 g/mol. The van der Waals surface area contributed by atoms with Crippen molar-refractivity contribution in [2.24, 2.45) is 5.73 Å². The Kier molecular flexibility index (Phi) is 5.71. The molecule has 0 aliphatic carbocycles. The number of carbonyl (C=O) groups is 2. The number of hydrogen-bond acceptors (Lipinski definition) is 5. The van der Waals surface area contributed by atoms with Crippen LogP contribution < -0.4 is 15.8 Å². The Bertz CT molecular complexity index is 1250. The molecule has 0 unspecified atom stereocenters. The molecule has 4 rings (SSSR count). The van der Waals surface area contributed by atoms with Crippen LogP contribution in [0.3, 0.4) is 0 Å². The molecule has 2 heterocycles. The standard InChI is InChI=1S/C22H19ClN6O3/c1-32-18-7-4-14(23)10-16(18)20-19(21(25)30)17-12-28(8-9-29(17)27-20)22(31)26-15-5-2-13(11-24)3-6-15/h2-7,10H,8-9,12H2,1H3,(H2,25,30)(H,26,31). The number of methoxy groups -OCH3 is 1. The van der Waals surface area contributed by atoms with Crippen LogP contribution in [-0.2, 0) is 13.1 Å². The highest BCUT2D eigenvalue weighted by molar-refractivity contribution is 6.31. The number of urea groups is 1. The maximum Gasteiger partial charge on any atom is 0.322 e. The Labute approximate surface area is 188 Å². The molecule has 162 valence electrons. The van der Waals surface area contributed by atoms with Gasteiger partial charge in [0.15, 0.2) is 0 Å². The van der Waals surface area contributed by atoms with Crippen molar-refractivity contribution in [3.05, 3.63) is 64.3 Å². The fourth-order valence-electron chi connectivity index (χ4n) is 3.63. The lowest BCUT2D eigenvalue weighted by molar-refractivity contribution is 0.0997. The van der Waals surface area contributed by atoms with Crippen molar-refractivity contribution in [2.45, 2.75) is 13.1 Å². The third-order valence-corrected chi connectivity index (χ3v) is 5.43. The zero-order valence-electron chi connectivity index (χ0n) is 17.1. The lowest BCUT2D eigenvalue weighted by atomic mass is 10.0. The number of halogens is 1. The summed E-state index contributed by atoms with van der Waals surface area (Å²) in [5.74, 6) is -0.152. The molecule has 3 amide bonds. The minimum absolute atomic E-state index is 0.149. The van der Waals surface area contributed by atoms with Gasteiger partial charge in [-0.3, -0.25) is 9.48 Å². The smallest absolute Gasteiger partial charge is 0.322 e. The molecule has 1 aromatic heterocycles. The Morgan fingerprint density at radius 3 is 2.62 bits per heavy atom. The highest BCUT2D eigenvalue weighted by atomic mass is 35.5. The first-order valence-corrected chi connectivity index (χ1v) is 10.1. The van der Waals surface area contributed by atoms with Gasteiger partial charge in [-0.05, 0) is 42.5 Å². The van der Waals surface area contributed by atoms with Crippen LogP contribution in [0.4, 0.5) is 10.5 Å². The van der Waals surface area contributed by atoms with Gasteiger partial charge in [0.1, 0.15) is 11.4 Å². The minimum atomic E-state index is -0.655. The van der Waals surface area contributed by atoms with Crippen molar-refractivity contribution in [3.63, 3.8) is 0 Å². The second-order valence-electron chi connectivity index (χ2n) is 7.14. The molecule has 0 bridgehead atoms. The number of nitriles is 1. The summed E-state index contributed by atoms with van der Waals surface area (Å²) in [6.07, 6.45) is 0. The summed E-state index contributed by atoms with van der Waals surface area (Å²) in [5, 5.41) is 16.7. The topological polar surface area (TPSA) is 126 Å². The summed E-state index contributed by atoms with van der Waals surface area (Å²) in [5.41, 5.74) is 8.44. The average molecular weight is 451 g/mol. The van der Waals surface area contributed by atoms with E-state index in [2.05, 4.69) is 10.4 Å². The second kappa shape index (κ2) is 8.61. The number of nitrogens with one attached hydrogen (secondary N) is 1. The summed E-state index contributed by atoms with van der Waals surface area (Å²) >= 11 is 6.16. The fourth-order valence-corrected chi connectivity index (χ4v) is 3.81. The van der Waals surface area contributed by atoms with Crippen LogP contribution >= 0.6 is 11.6 Å². The molecule has 9 nitrogen and oxygen atoms in total. The van der Waals surface area contributed by atoms with Crippen molar-refractivity contribution in [2.75, 3.05) is 19.0 Å². The summed E-state index contributed by atoms with van der Waals surface area (Å²) < 4.78 is 7.09. The van der Waals surface area contributed by atoms with E-state index < -0.39 is 5.91 Å². The van der Waals surface area contributed by atoms with Gasteiger partial charge < -0.3 is 20.7 Å². The summed E-state index contributed by atoms with van der Waals surface area (Å²) in [6, 6.07) is 13.3. The number of nitrogens with two attached hydrogens (primary N) is 1. The van der Waals surface area contributed by atoms with Crippen LogP contribution in [0.25, 0.3) is 11.3 Å². The first-order valence-electron chi connectivity index (χ1n) is 9.70. The van der Waals surface area contributed by atoms with Crippen LogP contribution in [0, 0.1) is 11.3 Å². The van der Waals surface area contributed by atoms with Crippen molar-refractivity contribution < 1.29 is 14.3 Å². The molecule has 10 heteroatoms. The molecule has 0 atom stereocenters. The SMILES string of the molecule is COc1ccc(Cl)cc1-c1nn2c(c1C(N)=O)CN(C(=O)Nc1ccc(C#N)cc1)CC2. The normalized spacial score (nSPS) is 12.6. The lowest BCUT2D eigenvalue weighted by Crippen LogP contribution is -2.41. The van der Waals surface area contributed by atoms with Gasteiger partial charge in [0.05, 0.1) is 43.1 Å². The van der Waals surface area contributed by atoms with E-state index in [0.29, 0.717) is 52.1 Å². The summed E-state index contributed by atoms with van der Waals surface area (Å²) in [7, 11) is 1.52. The predicted octanol–water partition coefficient (Wildman–Crippen LogP) is 3.23. The molecular weight excluding hydrogens is 432 g/mol. The van der Waals surface area contributed by atoms with E-state index in [1.54, 1.807) is 52.0 Å². The number of primary amides is 1. The molecular formula is C22H19ClN6O3. The fraction of sp³-hybridized carbons (Fsp3) is 0.182. The Hall–Kier alpha value is -4.03. The van der Waals surface area contributed by atoms with E-state index in [0.717, 1.165) is 0 Å². The highest BCUT2D eigenvalue weighted by Crippen LogP contribution is 2.36. The number of ether oxygens (including phenoxy) is 1. The van der Waals surface area contributed by atoms with Crippen molar-refractivity contribution in [1.82, 2.24) is 14.7 Å². The van der Waals surface area contributed by atoms with Crippen LogP contribution in [-0.4, -0.2) is 40.3 Å². The van der Waals surface area contributed by atoms with Gasteiger partial charge in [0.25, 0.3) is 5.91 Å². The van der Waals surface area contributed by atoms with Crippen molar-refractivity contribution >= 4 is 29.2 Å². The Morgan fingerprint density at radius 2 is 1.97 bits per heavy atom. The van der Waals surface area contributed by atoms with Crippen molar-refractivity contribution in [1.29, 1.82) is 5.26 Å². The predicted molar refractivity (Wildman–Crippen MR) is 118 cm³/mol. The molecule has 1 aliphatic rings. The van der Waals surface area contributed by atoms with E-state index in [-0.39, 0.29) is 18.1 Å². The van der Waals surface area contributed by atoms with Crippen LogP contribution in [0.15, 0.2) is 42.5 Å². The zero-order chi connectivity index (χ0) is 22.8. The molecule has 0 spiro atoms. The van der Waals surface area contributed by atoms with E-state index in [1.165, 1.54) is 7.11 Å². The van der Waals surface area contributed by atoms with Crippen LogP contribution in [0.1, 0.15) is 21.6 Å². The van der Waals surface area contributed by atoms with Crippen LogP contribution in [0.2, 0.25) is 5.02 Å². The van der Waals surface area contributed by atoms with E-state index in [1.807, 2.05) is 6.07 Å². The number of aromatic nitrogens is 2. The molecule has 0 radical (unpaired) electrons. The molecule has 0 fully saturated rings. The third kappa shape index (κ3) is 3.96. The van der Waals surface area contributed by atoms with Gasteiger partial charge in [0, 0.05) is 22.8 Å². The first kappa shape index (κ1) is 21.2. The average Bonchev–Trinajstić information content (AvgIpc) is 3.18.